The summed E-state index contributed by atoms with van der Waals surface area (Å²) in [6.07, 6.45) is -0.188. The lowest BCUT2D eigenvalue weighted by atomic mass is 9.95. The first-order chi connectivity index (χ1) is 14.5. The lowest BCUT2D eigenvalue weighted by Gasteiger charge is -2.37. The van der Waals surface area contributed by atoms with Gasteiger partial charge in [0.25, 0.3) is 6.23 Å². The SMILES string of the molecule is Cc1ccc(C(=O)[C@H]2Oc3ccc(Cl)cc3[C@@H]3CC(c4ccc(Cl)cc4)=NN23)cc1. The van der Waals surface area contributed by atoms with Gasteiger partial charge in [-0.2, -0.15) is 5.10 Å². The molecule has 0 aliphatic carbocycles. The van der Waals surface area contributed by atoms with Gasteiger partial charge in [0.15, 0.2) is 0 Å². The van der Waals surface area contributed by atoms with Crippen molar-refractivity contribution >= 4 is 34.7 Å². The Balaban J connectivity index is 1.57. The summed E-state index contributed by atoms with van der Waals surface area (Å²) in [6, 6.07) is 20.4. The molecule has 3 aromatic rings. The number of carbonyl (C=O) groups excluding carboxylic acids is 1. The molecule has 2 atom stereocenters. The zero-order valence-corrected chi connectivity index (χ0v) is 17.7. The van der Waals surface area contributed by atoms with E-state index in [1.807, 2.05) is 67.6 Å². The summed E-state index contributed by atoms with van der Waals surface area (Å²) in [5.74, 6) is 0.542. The molecular formula is C24H18Cl2N2O2. The second kappa shape index (κ2) is 7.46. The molecule has 0 bridgehead atoms. The summed E-state index contributed by atoms with van der Waals surface area (Å²) < 4.78 is 6.14. The van der Waals surface area contributed by atoms with E-state index in [1.54, 1.807) is 11.1 Å². The number of benzene rings is 3. The van der Waals surface area contributed by atoms with E-state index in [-0.39, 0.29) is 11.8 Å². The molecule has 0 N–H and O–H groups in total. The Hall–Kier alpha value is -2.82. The molecule has 0 saturated heterocycles. The number of Topliss-reactive ketones (excluding diaryl/α,β-unsaturated/α-hetero) is 1. The van der Waals surface area contributed by atoms with Crippen molar-refractivity contribution in [2.45, 2.75) is 25.6 Å². The number of halogens is 2. The molecule has 4 nitrogen and oxygen atoms in total. The highest BCUT2D eigenvalue weighted by Crippen LogP contribution is 2.44. The predicted octanol–water partition coefficient (Wildman–Crippen LogP) is 6.05. The molecule has 5 rings (SSSR count). The highest BCUT2D eigenvalue weighted by atomic mass is 35.5. The zero-order valence-electron chi connectivity index (χ0n) is 16.2. The van der Waals surface area contributed by atoms with Crippen molar-refractivity contribution in [3.8, 4) is 5.75 Å². The third-order valence-electron chi connectivity index (χ3n) is 5.49. The van der Waals surface area contributed by atoms with Gasteiger partial charge in [-0.05, 0) is 42.8 Å². The molecule has 6 heteroatoms. The quantitative estimate of drug-likeness (QED) is 0.468. The van der Waals surface area contributed by atoms with Gasteiger partial charge in [-0.15, -0.1) is 0 Å². The van der Waals surface area contributed by atoms with Crippen molar-refractivity contribution < 1.29 is 9.53 Å². The Bertz CT molecular complexity index is 1160. The summed E-state index contributed by atoms with van der Waals surface area (Å²) in [6.45, 7) is 1.99. The number of aryl methyl sites for hydroxylation is 1. The number of nitrogens with zero attached hydrogens (tertiary/aromatic N) is 2. The van der Waals surface area contributed by atoms with Crippen LogP contribution >= 0.6 is 23.2 Å². The molecule has 0 radical (unpaired) electrons. The molecule has 2 aliphatic heterocycles. The number of hydrogen-bond donors (Lipinski definition) is 0. The fourth-order valence-electron chi connectivity index (χ4n) is 3.91. The Morgan fingerprint density at radius 1 is 1.00 bits per heavy atom. The van der Waals surface area contributed by atoms with E-state index < -0.39 is 6.23 Å². The first kappa shape index (κ1) is 19.2. The van der Waals surface area contributed by atoms with Gasteiger partial charge < -0.3 is 4.74 Å². The van der Waals surface area contributed by atoms with Crippen LogP contribution < -0.4 is 4.74 Å². The predicted molar refractivity (Wildman–Crippen MR) is 119 cm³/mol. The van der Waals surface area contributed by atoms with E-state index in [1.165, 1.54) is 0 Å². The molecule has 3 aromatic carbocycles. The minimum absolute atomic E-state index is 0.123. The van der Waals surface area contributed by atoms with Gasteiger partial charge in [-0.3, -0.25) is 4.79 Å². The number of carbonyl (C=O) groups is 1. The molecule has 0 unspecified atom stereocenters. The van der Waals surface area contributed by atoms with Crippen LogP contribution in [0.5, 0.6) is 5.75 Å². The van der Waals surface area contributed by atoms with Crippen LogP contribution in [0.4, 0.5) is 0 Å². The number of fused-ring (bicyclic) bond motifs is 3. The van der Waals surface area contributed by atoms with Crippen molar-refractivity contribution in [1.82, 2.24) is 5.01 Å². The molecule has 0 amide bonds. The fourth-order valence-corrected chi connectivity index (χ4v) is 4.21. The van der Waals surface area contributed by atoms with E-state index >= 15 is 0 Å². The van der Waals surface area contributed by atoms with Gasteiger partial charge in [-0.25, -0.2) is 5.01 Å². The van der Waals surface area contributed by atoms with Gasteiger partial charge in [0.1, 0.15) is 5.75 Å². The Kier molecular flexibility index (Phi) is 4.76. The maximum absolute atomic E-state index is 13.3. The number of hydrazone groups is 1. The third-order valence-corrected chi connectivity index (χ3v) is 5.98. The minimum atomic E-state index is -0.837. The van der Waals surface area contributed by atoms with Crippen LogP contribution in [0.15, 0.2) is 71.8 Å². The number of ketones is 1. The van der Waals surface area contributed by atoms with Crippen LogP contribution in [0.1, 0.15) is 39.5 Å². The molecular weight excluding hydrogens is 419 g/mol. The first-order valence-corrected chi connectivity index (χ1v) is 10.4. The summed E-state index contributed by atoms with van der Waals surface area (Å²) in [5.41, 5.74) is 4.48. The highest BCUT2D eigenvalue weighted by molar-refractivity contribution is 6.31. The molecule has 0 saturated carbocycles. The van der Waals surface area contributed by atoms with Crippen LogP contribution in [-0.2, 0) is 0 Å². The maximum atomic E-state index is 13.3. The van der Waals surface area contributed by atoms with E-state index in [0.717, 1.165) is 22.4 Å². The van der Waals surface area contributed by atoms with E-state index in [9.17, 15) is 4.79 Å². The second-order valence-electron chi connectivity index (χ2n) is 7.54. The first-order valence-electron chi connectivity index (χ1n) is 9.68. The van der Waals surface area contributed by atoms with Crippen LogP contribution in [0.2, 0.25) is 10.0 Å². The monoisotopic (exact) mass is 436 g/mol. The molecule has 2 heterocycles. The van der Waals surface area contributed by atoms with Gasteiger partial charge in [0.05, 0.1) is 11.8 Å². The third kappa shape index (κ3) is 3.36. The molecule has 0 spiro atoms. The average Bonchev–Trinajstić information content (AvgIpc) is 3.19. The van der Waals surface area contributed by atoms with Gasteiger partial charge in [0.2, 0.25) is 5.78 Å². The largest absolute Gasteiger partial charge is 0.461 e. The van der Waals surface area contributed by atoms with Crippen molar-refractivity contribution in [3.05, 3.63) is 99.0 Å². The number of ether oxygens (including phenoxy) is 1. The fraction of sp³-hybridized carbons (Fsp3) is 0.167. The van der Waals surface area contributed by atoms with Gasteiger partial charge in [0, 0.05) is 27.6 Å². The zero-order chi connectivity index (χ0) is 20.8. The molecule has 0 aromatic heterocycles. The van der Waals surface area contributed by atoms with Crippen LogP contribution in [-0.4, -0.2) is 22.7 Å². The molecule has 150 valence electrons. The standard InChI is InChI=1S/C24H18Cl2N2O2/c1-14-2-4-16(5-3-14)23(29)24-28-21(19-12-18(26)10-11-22(19)30-24)13-20(27-28)15-6-8-17(25)9-7-15/h2-12,21,24H,13H2,1H3/t21-,24+/m0/s1. The van der Waals surface area contributed by atoms with E-state index in [4.69, 9.17) is 33.0 Å². The maximum Gasteiger partial charge on any atom is 0.251 e. The van der Waals surface area contributed by atoms with E-state index in [0.29, 0.717) is 27.8 Å². The van der Waals surface area contributed by atoms with Crippen LogP contribution in [0, 0.1) is 6.92 Å². The smallest absolute Gasteiger partial charge is 0.251 e. The lowest BCUT2D eigenvalue weighted by Crippen LogP contribution is -2.45. The number of rotatable bonds is 3. The van der Waals surface area contributed by atoms with E-state index in [2.05, 4.69) is 0 Å². The Morgan fingerprint density at radius 2 is 1.70 bits per heavy atom. The minimum Gasteiger partial charge on any atom is -0.461 e. The van der Waals surface area contributed by atoms with Crippen LogP contribution in [0.3, 0.4) is 0 Å². The average molecular weight is 437 g/mol. The summed E-state index contributed by atoms with van der Waals surface area (Å²) >= 11 is 12.3. The second-order valence-corrected chi connectivity index (χ2v) is 8.41. The van der Waals surface area contributed by atoms with Crippen molar-refractivity contribution in [1.29, 1.82) is 0 Å². The van der Waals surface area contributed by atoms with Crippen molar-refractivity contribution in [3.63, 3.8) is 0 Å². The Morgan fingerprint density at radius 3 is 2.43 bits per heavy atom. The van der Waals surface area contributed by atoms with Gasteiger partial charge >= 0.3 is 0 Å². The van der Waals surface area contributed by atoms with Crippen molar-refractivity contribution in [2.75, 3.05) is 0 Å². The lowest BCUT2D eigenvalue weighted by molar-refractivity contribution is -0.00455. The van der Waals surface area contributed by atoms with Crippen LogP contribution in [0.25, 0.3) is 0 Å². The van der Waals surface area contributed by atoms with Crippen molar-refractivity contribution in [2.24, 2.45) is 5.10 Å². The Labute approximate surface area is 184 Å². The van der Waals surface area contributed by atoms with Gasteiger partial charge in [-0.1, -0.05) is 65.2 Å². The molecule has 30 heavy (non-hydrogen) atoms. The summed E-state index contributed by atoms with van der Waals surface area (Å²) in [4.78, 5) is 13.3. The molecule has 0 fully saturated rings. The normalized spacial score (nSPS) is 19.6. The summed E-state index contributed by atoms with van der Waals surface area (Å²) in [7, 11) is 0. The summed E-state index contributed by atoms with van der Waals surface area (Å²) in [5, 5.41) is 7.87. The topological polar surface area (TPSA) is 41.9 Å². The number of hydrogen-bond acceptors (Lipinski definition) is 4. The molecule has 2 aliphatic rings. The highest BCUT2D eigenvalue weighted by Gasteiger charge is 2.43.